The molecule has 0 aliphatic carbocycles. The maximum absolute atomic E-state index is 13.1. The highest BCUT2D eigenvalue weighted by Gasteiger charge is 2.33. The predicted molar refractivity (Wildman–Crippen MR) is 99.5 cm³/mol. The van der Waals surface area contributed by atoms with E-state index in [0.717, 1.165) is 29.6 Å². The molecule has 1 atom stereocenters. The molecule has 0 bridgehead atoms. The summed E-state index contributed by atoms with van der Waals surface area (Å²) in [5, 5.41) is 4.29. The molecular weight excluding hydrogens is 350 g/mol. The molecule has 0 spiro atoms. The van der Waals surface area contributed by atoms with Gasteiger partial charge >= 0.3 is 0 Å². The van der Waals surface area contributed by atoms with E-state index in [1.807, 2.05) is 25.1 Å². The second-order valence-corrected chi connectivity index (χ2v) is 8.70. The van der Waals surface area contributed by atoms with Crippen LogP contribution in [0.4, 0.5) is 0 Å². The van der Waals surface area contributed by atoms with E-state index in [0.29, 0.717) is 30.2 Å². The summed E-state index contributed by atoms with van der Waals surface area (Å²) in [7, 11) is -3.53. The van der Waals surface area contributed by atoms with Gasteiger partial charge in [-0.15, -0.1) is 0 Å². The lowest BCUT2D eigenvalue weighted by Crippen LogP contribution is -2.39. The van der Waals surface area contributed by atoms with Crippen molar-refractivity contribution in [3.05, 3.63) is 42.0 Å². The van der Waals surface area contributed by atoms with Gasteiger partial charge in [-0.05, 0) is 44.9 Å². The number of nitrogens with one attached hydrogen (secondary N) is 1. The van der Waals surface area contributed by atoms with E-state index in [1.54, 1.807) is 28.3 Å². The Morgan fingerprint density at radius 1 is 1.38 bits per heavy atom. The third-order valence-electron chi connectivity index (χ3n) is 5.08. The molecule has 3 aromatic heterocycles. The third kappa shape index (κ3) is 2.93. The van der Waals surface area contributed by atoms with Crippen LogP contribution in [-0.4, -0.2) is 45.6 Å². The summed E-state index contributed by atoms with van der Waals surface area (Å²) in [6, 6.07) is 5.93. The van der Waals surface area contributed by atoms with Crippen molar-refractivity contribution in [2.24, 2.45) is 0 Å². The van der Waals surface area contributed by atoms with Crippen molar-refractivity contribution in [1.29, 1.82) is 0 Å². The van der Waals surface area contributed by atoms with E-state index in [1.165, 1.54) is 0 Å². The lowest BCUT2D eigenvalue weighted by Gasteiger charge is -2.31. The molecule has 0 saturated carbocycles. The van der Waals surface area contributed by atoms with E-state index < -0.39 is 10.0 Å². The molecule has 1 saturated heterocycles. The Labute approximate surface area is 153 Å². The number of aromatic amines is 1. The van der Waals surface area contributed by atoms with Crippen LogP contribution in [0.5, 0.6) is 0 Å². The van der Waals surface area contributed by atoms with Gasteiger partial charge in [-0.1, -0.05) is 0 Å². The van der Waals surface area contributed by atoms with Crippen molar-refractivity contribution in [2.75, 3.05) is 13.1 Å². The number of pyridine rings is 1. The van der Waals surface area contributed by atoms with E-state index in [2.05, 4.69) is 15.1 Å². The lowest BCUT2D eigenvalue weighted by molar-refractivity contribution is 0.313. The Kier molecular flexibility index (Phi) is 4.32. The van der Waals surface area contributed by atoms with Crippen LogP contribution in [0.2, 0.25) is 0 Å². The standard InChI is InChI=1S/C18H23N5O2S/c1-3-22-12-18(13(2)21-22)26(24,25)23-9-5-6-14(11-23)16-10-17-15(20-16)7-4-8-19-17/h4,7-8,10,12,14,20H,3,5-6,9,11H2,1-2H3/t14-/m0/s1. The van der Waals surface area contributed by atoms with Gasteiger partial charge in [0.15, 0.2) is 0 Å². The molecule has 138 valence electrons. The van der Waals surface area contributed by atoms with Crippen molar-refractivity contribution in [2.45, 2.75) is 44.0 Å². The van der Waals surface area contributed by atoms with Crippen LogP contribution in [0.3, 0.4) is 0 Å². The molecule has 1 aliphatic heterocycles. The van der Waals surface area contributed by atoms with Gasteiger partial charge in [0.25, 0.3) is 0 Å². The monoisotopic (exact) mass is 373 g/mol. The minimum atomic E-state index is -3.53. The predicted octanol–water partition coefficient (Wildman–Crippen LogP) is 2.66. The number of rotatable bonds is 4. The van der Waals surface area contributed by atoms with Gasteiger partial charge in [-0.3, -0.25) is 9.67 Å². The molecule has 26 heavy (non-hydrogen) atoms. The maximum atomic E-state index is 13.1. The molecule has 4 rings (SSSR count). The lowest BCUT2D eigenvalue weighted by atomic mass is 9.96. The van der Waals surface area contributed by atoms with Crippen LogP contribution < -0.4 is 0 Å². The van der Waals surface area contributed by atoms with Crippen LogP contribution in [0.1, 0.15) is 37.1 Å². The average Bonchev–Trinajstić information content (AvgIpc) is 3.25. The molecule has 0 amide bonds. The summed E-state index contributed by atoms with van der Waals surface area (Å²) in [6.45, 7) is 5.38. The zero-order chi connectivity index (χ0) is 18.3. The molecule has 4 heterocycles. The highest BCUT2D eigenvalue weighted by molar-refractivity contribution is 7.89. The zero-order valence-electron chi connectivity index (χ0n) is 15.0. The number of H-pyrrole nitrogens is 1. The van der Waals surface area contributed by atoms with Crippen LogP contribution in [0.25, 0.3) is 11.0 Å². The highest BCUT2D eigenvalue weighted by Crippen LogP contribution is 2.31. The second-order valence-electron chi connectivity index (χ2n) is 6.80. The first-order chi connectivity index (χ1) is 12.5. The summed E-state index contributed by atoms with van der Waals surface area (Å²) < 4.78 is 29.5. The van der Waals surface area contributed by atoms with Crippen molar-refractivity contribution in [1.82, 2.24) is 24.1 Å². The van der Waals surface area contributed by atoms with Crippen molar-refractivity contribution < 1.29 is 8.42 Å². The fourth-order valence-corrected chi connectivity index (χ4v) is 5.36. The Morgan fingerprint density at radius 2 is 2.23 bits per heavy atom. The van der Waals surface area contributed by atoms with Crippen molar-refractivity contribution in [3.8, 4) is 0 Å². The van der Waals surface area contributed by atoms with Crippen LogP contribution in [0.15, 0.2) is 35.5 Å². The molecule has 7 nitrogen and oxygen atoms in total. The highest BCUT2D eigenvalue weighted by atomic mass is 32.2. The average molecular weight is 373 g/mol. The summed E-state index contributed by atoms with van der Waals surface area (Å²) in [5.41, 5.74) is 3.52. The van der Waals surface area contributed by atoms with E-state index >= 15 is 0 Å². The maximum Gasteiger partial charge on any atom is 0.246 e. The topological polar surface area (TPSA) is 83.9 Å². The molecule has 3 aromatic rings. The number of sulfonamides is 1. The third-order valence-corrected chi connectivity index (χ3v) is 7.04. The number of aryl methyl sites for hydroxylation is 2. The smallest absolute Gasteiger partial charge is 0.246 e. The van der Waals surface area contributed by atoms with E-state index in [-0.39, 0.29) is 5.92 Å². The molecule has 8 heteroatoms. The number of hydrogen-bond acceptors (Lipinski definition) is 4. The first-order valence-electron chi connectivity index (χ1n) is 8.97. The Hall–Kier alpha value is -2.19. The SMILES string of the molecule is CCn1cc(S(=O)(=O)N2CCC[C@H](c3cc4ncccc4[nH]3)C2)c(C)n1. The molecule has 1 N–H and O–H groups in total. The van der Waals surface area contributed by atoms with Crippen molar-refractivity contribution >= 4 is 21.1 Å². The van der Waals surface area contributed by atoms with Crippen molar-refractivity contribution in [3.63, 3.8) is 0 Å². The van der Waals surface area contributed by atoms with E-state index in [4.69, 9.17) is 0 Å². The summed E-state index contributed by atoms with van der Waals surface area (Å²) in [5.74, 6) is 0.147. The van der Waals surface area contributed by atoms with Gasteiger partial charge in [-0.2, -0.15) is 9.40 Å². The minimum Gasteiger partial charge on any atom is -0.357 e. The Bertz CT molecular complexity index is 1000. The fourth-order valence-electron chi connectivity index (χ4n) is 3.67. The first kappa shape index (κ1) is 17.2. The first-order valence-corrected chi connectivity index (χ1v) is 10.4. The van der Waals surface area contributed by atoms with Gasteiger partial charge in [-0.25, -0.2) is 8.42 Å². The number of hydrogen-bond donors (Lipinski definition) is 1. The zero-order valence-corrected chi connectivity index (χ0v) is 15.8. The normalized spacial score (nSPS) is 19.2. The summed E-state index contributed by atoms with van der Waals surface area (Å²) in [4.78, 5) is 8.08. The number of nitrogens with zero attached hydrogens (tertiary/aromatic N) is 4. The molecule has 1 fully saturated rings. The Balaban J connectivity index is 1.62. The number of piperidine rings is 1. The molecule has 1 aliphatic rings. The second kappa shape index (κ2) is 6.51. The number of aromatic nitrogens is 4. The van der Waals surface area contributed by atoms with Crippen LogP contribution in [-0.2, 0) is 16.6 Å². The molecule has 0 radical (unpaired) electrons. The Morgan fingerprint density at radius 3 is 2.96 bits per heavy atom. The largest absolute Gasteiger partial charge is 0.357 e. The van der Waals surface area contributed by atoms with E-state index in [9.17, 15) is 8.42 Å². The molecule has 0 aromatic carbocycles. The minimum absolute atomic E-state index is 0.147. The van der Waals surface area contributed by atoms with Gasteiger partial charge < -0.3 is 4.98 Å². The molecular formula is C18H23N5O2S. The molecule has 0 unspecified atom stereocenters. The van der Waals surface area contributed by atoms with Gasteiger partial charge in [0.1, 0.15) is 4.90 Å². The summed E-state index contributed by atoms with van der Waals surface area (Å²) in [6.07, 6.45) is 5.21. The van der Waals surface area contributed by atoms with Crippen LogP contribution in [0, 0.1) is 6.92 Å². The quantitative estimate of drug-likeness (QED) is 0.762. The van der Waals surface area contributed by atoms with Gasteiger partial charge in [0.2, 0.25) is 10.0 Å². The summed E-state index contributed by atoms with van der Waals surface area (Å²) >= 11 is 0. The van der Waals surface area contributed by atoms with Gasteiger partial charge in [0.05, 0.1) is 16.7 Å². The van der Waals surface area contributed by atoms with Crippen LogP contribution >= 0.6 is 0 Å². The number of fused-ring (bicyclic) bond motifs is 1. The van der Waals surface area contributed by atoms with Gasteiger partial charge in [0, 0.05) is 43.6 Å². The fraction of sp³-hybridized carbons (Fsp3) is 0.444.